The number of aromatic nitrogens is 2. The second kappa shape index (κ2) is 6.09. The Hall–Kier alpha value is -1.15. The van der Waals surface area contributed by atoms with Crippen molar-refractivity contribution in [1.82, 2.24) is 10.1 Å². The van der Waals surface area contributed by atoms with Crippen molar-refractivity contribution >= 4 is 0 Å². The Morgan fingerprint density at radius 2 is 1.90 bits per heavy atom. The predicted molar refractivity (Wildman–Crippen MR) is 63.9 cm³/mol. The van der Waals surface area contributed by atoms with Crippen molar-refractivity contribution in [3.05, 3.63) is 11.7 Å². The van der Waals surface area contributed by atoms with Crippen molar-refractivity contribution in [2.45, 2.75) is 52.5 Å². The summed E-state index contributed by atoms with van der Waals surface area (Å²) in [7, 11) is 0. The molecule has 8 heteroatoms. The van der Waals surface area contributed by atoms with Crippen LogP contribution in [-0.2, 0) is 11.2 Å². The van der Waals surface area contributed by atoms with Crippen molar-refractivity contribution in [3.63, 3.8) is 0 Å². The van der Waals surface area contributed by atoms with Crippen LogP contribution in [-0.4, -0.2) is 34.1 Å². The molecule has 1 heterocycles. The monoisotopic (exact) mass is 296 g/mol. The molecule has 0 aliphatic rings. The minimum Gasteiger partial charge on any atom is -0.383 e. The first-order chi connectivity index (χ1) is 9.05. The Labute approximate surface area is 115 Å². The molecule has 2 atom stereocenters. The van der Waals surface area contributed by atoms with Crippen molar-refractivity contribution in [2.75, 3.05) is 6.61 Å². The van der Waals surface area contributed by atoms with E-state index in [1.165, 1.54) is 0 Å². The molecule has 0 fully saturated rings. The predicted octanol–water partition coefficient (Wildman–Crippen LogP) is 2.66. The molecule has 0 aromatic carbocycles. The Kier molecular flexibility index (Phi) is 5.15. The molecule has 1 aromatic rings. The highest BCUT2D eigenvalue weighted by Crippen LogP contribution is 2.34. The quantitative estimate of drug-likeness (QED) is 0.904. The van der Waals surface area contributed by atoms with Gasteiger partial charge in [0, 0.05) is 6.61 Å². The number of nitrogens with zero attached hydrogens (tertiary/aromatic N) is 2. The van der Waals surface area contributed by atoms with Crippen molar-refractivity contribution in [1.29, 1.82) is 0 Å². The molecule has 0 spiro atoms. The summed E-state index contributed by atoms with van der Waals surface area (Å²) in [6, 6.07) is 0. The van der Waals surface area contributed by atoms with Gasteiger partial charge in [-0.1, -0.05) is 25.9 Å². The van der Waals surface area contributed by atoms with Gasteiger partial charge in [0.2, 0.25) is 11.7 Å². The molecule has 0 radical (unpaired) electrons. The fourth-order valence-electron chi connectivity index (χ4n) is 1.62. The zero-order valence-electron chi connectivity index (χ0n) is 11.9. The van der Waals surface area contributed by atoms with Gasteiger partial charge in [-0.05, 0) is 12.3 Å². The van der Waals surface area contributed by atoms with Gasteiger partial charge in [-0.3, -0.25) is 0 Å². The van der Waals surface area contributed by atoms with Gasteiger partial charge >= 0.3 is 6.18 Å². The Morgan fingerprint density at radius 3 is 2.35 bits per heavy atom. The minimum absolute atomic E-state index is 0.184. The number of halogens is 3. The van der Waals surface area contributed by atoms with Crippen molar-refractivity contribution < 1.29 is 27.5 Å². The third-order valence-corrected chi connectivity index (χ3v) is 2.58. The van der Waals surface area contributed by atoms with Crippen LogP contribution in [0.3, 0.4) is 0 Å². The summed E-state index contributed by atoms with van der Waals surface area (Å²) in [5, 5.41) is 12.6. The Bertz CT molecular complexity index is 426. The van der Waals surface area contributed by atoms with Crippen molar-refractivity contribution in [2.24, 2.45) is 5.41 Å². The smallest absolute Gasteiger partial charge is 0.383 e. The summed E-state index contributed by atoms with van der Waals surface area (Å²) < 4.78 is 47.0. The SMILES string of the molecule is CCOC(c1noc(CC(O)C(F)(F)F)n1)C(C)(C)C. The minimum atomic E-state index is -4.71. The van der Waals surface area contributed by atoms with E-state index < -0.39 is 24.8 Å². The highest BCUT2D eigenvalue weighted by molar-refractivity contribution is 4.97. The average molecular weight is 296 g/mol. The van der Waals surface area contributed by atoms with E-state index >= 15 is 0 Å². The highest BCUT2D eigenvalue weighted by Gasteiger charge is 2.40. The van der Waals surface area contributed by atoms with Crippen LogP contribution in [0.25, 0.3) is 0 Å². The van der Waals surface area contributed by atoms with Crippen LogP contribution in [0.1, 0.15) is 45.5 Å². The van der Waals surface area contributed by atoms with E-state index in [2.05, 4.69) is 10.1 Å². The van der Waals surface area contributed by atoms with Crippen LogP contribution in [0, 0.1) is 5.41 Å². The lowest BCUT2D eigenvalue weighted by molar-refractivity contribution is -0.204. The largest absolute Gasteiger partial charge is 0.414 e. The topological polar surface area (TPSA) is 68.4 Å². The molecule has 0 saturated heterocycles. The summed E-state index contributed by atoms with van der Waals surface area (Å²) in [4.78, 5) is 3.89. The molecule has 20 heavy (non-hydrogen) atoms. The van der Waals surface area contributed by atoms with Gasteiger partial charge in [-0.15, -0.1) is 0 Å². The van der Waals surface area contributed by atoms with Crippen molar-refractivity contribution in [3.8, 4) is 0 Å². The van der Waals surface area contributed by atoms with Crippen LogP contribution in [0.2, 0.25) is 0 Å². The van der Waals surface area contributed by atoms with E-state index in [4.69, 9.17) is 14.4 Å². The molecule has 1 N–H and O–H groups in total. The van der Waals surface area contributed by atoms with Crippen LogP contribution < -0.4 is 0 Å². The highest BCUT2D eigenvalue weighted by atomic mass is 19.4. The molecular formula is C12H19F3N2O3. The van der Waals surface area contributed by atoms with Gasteiger partial charge in [0.25, 0.3) is 0 Å². The first kappa shape index (κ1) is 16.9. The third kappa shape index (κ3) is 4.45. The normalized spacial score (nSPS) is 16.2. The average Bonchev–Trinajstić information content (AvgIpc) is 2.71. The van der Waals surface area contributed by atoms with E-state index in [-0.39, 0.29) is 17.1 Å². The lowest BCUT2D eigenvalue weighted by atomic mass is 9.88. The van der Waals surface area contributed by atoms with E-state index in [1.54, 1.807) is 6.92 Å². The number of hydrogen-bond acceptors (Lipinski definition) is 5. The summed E-state index contributed by atoms with van der Waals surface area (Å²) >= 11 is 0. The van der Waals surface area contributed by atoms with E-state index in [0.29, 0.717) is 6.61 Å². The zero-order valence-corrected chi connectivity index (χ0v) is 11.9. The van der Waals surface area contributed by atoms with Gasteiger partial charge in [-0.25, -0.2) is 0 Å². The Morgan fingerprint density at radius 1 is 1.30 bits per heavy atom. The number of aliphatic hydroxyl groups excluding tert-OH is 1. The molecule has 116 valence electrons. The molecule has 0 amide bonds. The summed E-state index contributed by atoms with van der Waals surface area (Å²) in [6.07, 6.45) is -8.48. The first-order valence-corrected chi connectivity index (χ1v) is 6.24. The fourth-order valence-corrected chi connectivity index (χ4v) is 1.62. The fraction of sp³-hybridized carbons (Fsp3) is 0.833. The van der Waals surface area contributed by atoms with Crippen LogP contribution in [0.15, 0.2) is 4.52 Å². The van der Waals surface area contributed by atoms with Crippen LogP contribution >= 0.6 is 0 Å². The molecule has 1 rings (SSSR count). The summed E-state index contributed by atoms with van der Waals surface area (Å²) in [6.45, 7) is 7.90. The van der Waals surface area contributed by atoms with Gasteiger partial charge in [-0.2, -0.15) is 18.2 Å². The molecule has 0 bridgehead atoms. The van der Waals surface area contributed by atoms with Crippen LogP contribution in [0.4, 0.5) is 13.2 Å². The maximum atomic E-state index is 12.2. The number of rotatable bonds is 5. The molecule has 1 aromatic heterocycles. The molecular weight excluding hydrogens is 277 g/mol. The molecule has 5 nitrogen and oxygen atoms in total. The first-order valence-electron chi connectivity index (χ1n) is 6.24. The van der Waals surface area contributed by atoms with E-state index in [0.717, 1.165) is 0 Å². The molecule has 0 aliphatic heterocycles. The number of hydrogen-bond donors (Lipinski definition) is 1. The molecule has 0 aliphatic carbocycles. The van der Waals surface area contributed by atoms with Gasteiger partial charge in [0.15, 0.2) is 6.10 Å². The number of ether oxygens (including phenoxy) is 1. The Balaban J connectivity index is 2.85. The molecule has 0 saturated carbocycles. The lowest BCUT2D eigenvalue weighted by Gasteiger charge is -2.27. The second-order valence-electron chi connectivity index (χ2n) is 5.51. The standard InChI is InChI=1S/C12H19F3N2O3/c1-5-19-9(11(2,3)4)10-16-8(20-17-10)6-7(18)12(13,14)15/h7,9,18H,5-6H2,1-4H3. The number of aliphatic hydroxyl groups is 1. The van der Waals surface area contributed by atoms with Gasteiger partial charge < -0.3 is 14.4 Å². The van der Waals surface area contributed by atoms with Gasteiger partial charge in [0.1, 0.15) is 6.10 Å². The summed E-state index contributed by atoms with van der Waals surface area (Å²) in [5.74, 6) is -0.0810. The number of alkyl halides is 3. The van der Waals surface area contributed by atoms with E-state index in [1.807, 2.05) is 20.8 Å². The maximum Gasteiger partial charge on any atom is 0.414 e. The summed E-state index contributed by atoms with van der Waals surface area (Å²) in [5.41, 5.74) is -0.334. The lowest BCUT2D eigenvalue weighted by Crippen LogP contribution is -2.30. The zero-order chi connectivity index (χ0) is 15.6. The second-order valence-corrected chi connectivity index (χ2v) is 5.51. The van der Waals surface area contributed by atoms with Crippen LogP contribution in [0.5, 0.6) is 0 Å². The maximum absolute atomic E-state index is 12.2. The van der Waals surface area contributed by atoms with E-state index in [9.17, 15) is 13.2 Å². The van der Waals surface area contributed by atoms with Gasteiger partial charge in [0.05, 0.1) is 6.42 Å². The molecule has 2 unspecified atom stereocenters. The third-order valence-electron chi connectivity index (χ3n) is 2.58.